The van der Waals surface area contributed by atoms with Crippen LogP contribution in [-0.4, -0.2) is 21.6 Å². The molecule has 3 heteroatoms. The Hall–Kier alpha value is -1.09. The number of aliphatic hydroxyl groups is 1. The van der Waals surface area contributed by atoms with E-state index in [4.69, 9.17) is 0 Å². The van der Waals surface area contributed by atoms with Crippen molar-refractivity contribution in [3.05, 3.63) is 23.5 Å². The maximum Gasteiger partial charge on any atom is 0.164 e. The second kappa shape index (κ2) is 3.58. The van der Waals surface area contributed by atoms with Crippen molar-refractivity contribution in [3.8, 4) is 0 Å². The van der Waals surface area contributed by atoms with Crippen LogP contribution in [0.5, 0.6) is 0 Å². The van der Waals surface area contributed by atoms with E-state index in [1.165, 1.54) is 0 Å². The monoisotopic (exact) mass is 193 g/mol. The van der Waals surface area contributed by atoms with Crippen molar-refractivity contribution in [2.75, 3.05) is 0 Å². The predicted molar refractivity (Wildman–Crippen MR) is 53.4 cm³/mol. The lowest BCUT2D eigenvalue weighted by molar-refractivity contribution is 0.0972. The van der Waals surface area contributed by atoms with Crippen molar-refractivity contribution in [1.29, 1.82) is 0 Å². The minimum absolute atomic E-state index is 0.246. The second-order valence-electron chi connectivity index (χ2n) is 4.02. The molecule has 1 unspecified atom stereocenters. The molecular formula is C11H15NO2. The van der Waals surface area contributed by atoms with Gasteiger partial charge in [-0.1, -0.05) is 0 Å². The Morgan fingerprint density at radius 1 is 1.50 bits per heavy atom. The van der Waals surface area contributed by atoms with Crippen LogP contribution in [0.3, 0.4) is 0 Å². The third kappa shape index (κ3) is 1.73. The standard InChI is InChI=1S/C11H15NO2/c1-8(13)5-12-6-9-3-2-4-11(14)10(9)7-12/h6-8,13H,2-5H2,1H3. The first-order chi connectivity index (χ1) is 6.66. The van der Waals surface area contributed by atoms with Gasteiger partial charge in [-0.3, -0.25) is 4.79 Å². The molecule has 1 heterocycles. The van der Waals surface area contributed by atoms with Gasteiger partial charge in [0.05, 0.1) is 6.10 Å². The molecule has 1 aliphatic carbocycles. The van der Waals surface area contributed by atoms with Crippen LogP contribution in [0.1, 0.15) is 35.7 Å². The Labute approximate surface area is 83.4 Å². The lowest BCUT2D eigenvalue weighted by Crippen LogP contribution is -2.09. The van der Waals surface area contributed by atoms with Gasteiger partial charge in [0.1, 0.15) is 0 Å². The average molecular weight is 193 g/mol. The zero-order valence-corrected chi connectivity index (χ0v) is 8.36. The molecule has 1 N–H and O–H groups in total. The van der Waals surface area contributed by atoms with Gasteiger partial charge in [-0.25, -0.2) is 0 Å². The van der Waals surface area contributed by atoms with Gasteiger partial charge in [0.25, 0.3) is 0 Å². The number of aryl methyl sites for hydroxylation is 1. The molecule has 0 bridgehead atoms. The SMILES string of the molecule is CC(O)Cn1cc2c(c1)C(=O)CCC2. The minimum Gasteiger partial charge on any atom is -0.392 e. The van der Waals surface area contributed by atoms with Crippen molar-refractivity contribution in [1.82, 2.24) is 4.57 Å². The molecule has 76 valence electrons. The maximum atomic E-state index is 11.5. The Balaban J connectivity index is 2.26. The summed E-state index contributed by atoms with van der Waals surface area (Å²) in [6.45, 7) is 2.32. The molecule has 0 aliphatic heterocycles. The minimum atomic E-state index is -0.362. The van der Waals surface area contributed by atoms with Gasteiger partial charge in [0.2, 0.25) is 0 Å². The number of carbonyl (C=O) groups is 1. The number of ketones is 1. The van der Waals surface area contributed by atoms with Crippen molar-refractivity contribution in [2.45, 2.75) is 38.8 Å². The predicted octanol–water partition coefficient (Wildman–Crippen LogP) is 1.39. The van der Waals surface area contributed by atoms with Gasteiger partial charge in [0, 0.05) is 30.9 Å². The van der Waals surface area contributed by atoms with E-state index in [9.17, 15) is 9.90 Å². The molecule has 0 radical (unpaired) electrons. The van der Waals surface area contributed by atoms with Gasteiger partial charge in [-0.15, -0.1) is 0 Å². The molecule has 0 amide bonds. The van der Waals surface area contributed by atoms with E-state index in [-0.39, 0.29) is 11.9 Å². The molecular weight excluding hydrogens is 178 g/mol. The highest BCUT2D eigenvalue weighted by Crippen LogP contribution is 2.22. The Bertz CT molecular complexity index is 352. The molecule has 14 heavy (non-hydrogen) atoms. The summed E-state index contributed by atoms with van der Waals surface area (Å²) in [7, 11) is 0. The third-order valence-electron chi connectivity index (χ3n) is 2.59. The first-order valence-electron chi connectivity index (χ1n) is 5.07. The summed E-state index contributed by atoms with van der Waals surface area (Å²) < 4.78 is 1.92. The highest BCUT2D eigenvalue weighted by Gasteiger charge is 2.19. The van der Waals surface area contributed by atoms with Crippen molar-refractivity contribution < 1.29 is 9.90 Å². The molecule has 1 aromatic rings. The van der Waals surface area contributed by atoms with Gasteiger partial charge in [-0.2, -0.15) is 0 Å². The normalized spacial score (nSPS) is 18.0. The van der Waals surface area contributed by atoms with E-state index in [0.29, 0.717) is 13.0 Å². The second-order valence-corrected chi connectivity index (χ2v) is 4.02. The van der Waals surface area contributed by atoms with Gasteiger partial charge < -0.3 is 9.67 Å². The Morgan fingerprint density at radius 3 is 2.93 bits per heavy atom. The number of fused-ring (bicyclic) bond motifs is 1. The Morgan fingerprint density at radius 2 is 2.29 bits per heavy atom. The van der Waals surface area contributed by atoms with E-state index in [0.717, 1.165) is 24.0 Å². The number of aromatic nitrogens is 1. The van der Waals surface area contributed by atoms with Crippen LogP contribution in [0.25, 0.3) is 0 Å². The van der Waals surface area contributed by atoms with Crippen LogP contribution in [-0.2, 0) is 13.0 Å². The van der Waals surface area contributed by atoms with Gasteiger partial charge >= 0.3 is 0 Å². The fraction of sp³-hybridized carbons (Fsp3) is 0.545. The summed E-state index contributed by atoms with van der Waals surface area (Å²) >= 11 is 0. The van der Waals surface area contributed by atoms with E-state index >= 15 is 0 Å². The number of Topliss-reactive ketones (excluding diaryl/α,β-unsaturated/α-hetero) is 1. The number of hydrogen-bond donors (Lipinski definition) is 1. The largest absolute Gasteiger partial charge is 0.392 e. The fourth-order valence-corrected chi connectivity index (χ4v) is 1.99. The number of rotatable bonds is 2. The lowest BCUT2D eigenvalue weighted by atomic mass is 9.95. The maximum absolute atomic E-state index is 11.5. The number of nitrogens with zero attached hydrogens (tertiary/aromatic N) is 1. The van der Waals surface area contributed by atoms with Crippen LogP contribution in [0.2, 0.25) is 0 Å². The quantitative estimate of drug-likeness (QED) is 0.771. The highest BCUT2D eigenvalue weighted by atomic mass is 16.3. The zero-order valence-electron chi connectivity index (χ0n) is 8.36. The summed E-state index contributed by atoms with van der Waals surface area (Å²) in [5, 5.41) is 9.23. The highest BCUT2D eigenvalue weighted by molar-refractivity contribution is 5.98. The lowest BCUT2D eigenvalue weighted by Gasteiger charge is -2.07. The van der Waals surface area contributed by atoms with Gasteiger partial charge in [-0.05, 0) is 25.3 Å². The third-order valence-corrected chi connectivity index (χ3v) is 2.59. The van der Waals surface area contributed by atoms with Crippen molar-refractivity contribution in [2.24, 2.45) is 0 Å². The van der Waals surface area contributed by atoms with E-state index in [1.54, 1.807) is 6.92 Å². The first-order valence-corrected chi connectivity index (χ1v) is 5.07. The number of hydrogen-bond acceptors (Lipinski definition) is 2. The van der Waals surface area contributed by atoms with E-state index in [1.807, 2.05) is 17.0 Å². The summed E-state index contributed by atoms with van der Waals surface area (Å²) in [4.78, 5) is 11.5. The number of carbonyl (C=O) groups excluding carboxylic acids is 1. The molecule has 0 aromatic carbocycles. The molecule has 3 nitrogen and oxygen atoms in total. The average Bonchev–Trinajstić information content (AvgIpc) is 2.47. The smallest absolute Gasteiger partial charge is 0.164 e. The first kappa shape index (κ1) is 9.46. The molecule has 0 fully saturated rings. The molecule has 0 spiro atoms. The molecule has 1 aliphatic rings. The zero-order chi connectivity index (χ0) is 10.1. The summed E-state index contributed by atoms with van der Waals surface area (Å²) in [5.74, 6) is 0.246. The van der Waals surface area contributed by atoms with Crippen LogP contribution >= 0.6 is 0 Å². The molecule has 0 saturated heterocycles. The van der Waals surface area contributed by atoms with Crippen LogP contribution in [0.15, 0.2) is 12.4 Å². The number of aliphatic hydroxyl groups excluding tert-OH is 1. The van der Waals surface area contributed by atoms with Gasteiger partial charge in [0.15, 0.2) is 5.78 Å². The van der Waals surface area contributed by atoms with Crippen LogP contribution in [0.4, 0.5) is 0 Å². The molecule has 1 aromatic heterocycles. The molecule has 2 rings (SSSR count). The van der Waals surface area contributed by atoms with E-state index in [2.05, 4.69) is 0 Å². The summed E-state index contributed by atoms with van der Waals surface area (Å²) in [5.41, 5.74) is 2.00. The van der Waals surface area contributed by atoms with Crippen LogP contribution < -0.4 is 0 Å². The van der Waals surface area contributed by atoms with Crippen molar-refractivity contribution in [3.63, 3.8) is 0 Å². The van der Waals surface area contributed by atoms with Crippen molar-refractivity contribution >= 4 is 5.78 Å². The Kier molecular flexibility index (Phi) is 2.42. The molecule has 0 saturated carbocycles. The van der Waals surface area contributed by atoms with E-state index < -0.39 is 0 Å². The fourth-order valence-electron chi connectivity index (χ4n) is 1.99. The molecule has 1 atom stereocenters. The van der Waals surface area contributed by atoms with Crippen LogP contribution in [0, 0.1) is 0 Å². The summed E-state index contributed by atoms with van der Waals surface area (Å²) in [6.07, 6.45) is 6.12. The summed E-state index contributed by atoms with van der Waals surface area (Å²) in [6, 6.07) is 0. The topological polar surface area (TPSA) is 42.2 Å².